The van der Waals surface area contributed by atoms with E-state index < -0.39 is 5.97 Å². The fraction of sp³-hybridized carbons (Fsp3) is 0.615. The van der Waals surface area contributed by atoms with Crippen molar-refractivity contribution in [2.24, 2.45) is 0 Å². The first-order valence-electron chi connectivity index (χ1n) is 6.59. The van der Waals surface area contributed by atoms with Gasteiger partial charge in [0.1, 0.15) is 11.8 Å². The number of rotatable bonds is 7. The lowest BCUT2D eigenvalue weighted by Crippen LogP contribution is -2.41. The molecule has 0 fully saturated rings. The second-order valence-electron chi connectivity index (χ2n) is 4.84. The minimum absolute atomic E-state index is 0.0900. The van der Waals surface area contributed by atoms with E-state index in [9.17, 15) is 9.59 Å². The van der Waals surface area contributed by atoms with Gasteiger partial charge >= 0.3 is 12.0 Å². The number of urea groups is 1. The molecule has 1 aromatic heterocycles. The van der Waals surface area contributed by atoms with Crippen LogP contribution < -0.4 is 10.6 Å². The van der Waals surface area contributed by atoms with Crippen molar-refractivity contribution in [3.05, 3.63) is 17.8 Å². The van der Waals surface area contributed by atoms with E-state index in [0.717, 1.165) is 0 Å². The van der Waals surface area contributed by atoms with Crippen LogP contribution in [0.5, 0.6) is 0 Å². The third-order valence-electron chi connectivity index (χ3n) is 2.76. The van der Waals surface area contributed by atoms with Crippen LogP contribution in [0.1, 0.15) is 50.8 Å². The number of aryl methyl sites for hydroxylation is 1. The number of carbonyl (C=O) groups excluding carboxylic acids is 1. The van der Waals surface area contributed by atoms with Gasteiger partial charge in [-0.3, -0.25) is 4.79 Å². The molecule has 1 heterocycles. The summed E-state index contributed by atoms with van der Waals surface area (Å²) in [5.74, 6) is 0.321. The van der Waals surface area contributed by atoms with E-state index in [1.165, 1.54) is 0 Å². The molecule has 1 rings (SSSR count). The molecule has 112 valence electrons. The number of nitrogens with one attached hydrogen (secondary N) is 2. The fourth-order valence-electron chi connectivity index (χ4n) is 1.73. The summed E-state index contributed by atoms with van der Waals surface area (Å²) < 4.78 is 5.32. The molecule has 20 heavy (non-hydrogen) atoms. The van der Waals surface area contributed by atoms with Crippen LogP contribution in [-0.2, 0) is 4.79 Å². The summed E-state index contributed by atoms with van der Waals surface area (Å²) in [5.41, 5.74) is 0. The number of aromatic nitrogens is 1. The highest BCUT2D eigenvalue weighted by Crippen LogP contribution is 2.11. The van der Waals surface area contributed by atoms with Gasteiger partial charge in [-0.15, -0.1) is 0 Å². The van der Waals surface area contributed by atoms with Gasteiger partial charge in [-0.1, -0.05) is 0 Å². The van der Waals surface area contributed by atoms with Gasteiger partial charge in [0.05, 0.1) is 6.20 Å². The normalized spacial score (nSPS) is 13.6. The van der Waals surface area contributed by atoms with Crippen LogP contribution in [0.4, 0.5) is 4.79 Å². The molecule has 2 atom stereocenters. The Bertz CT molecular complexity index is 458. The lowest BCUT2D eigenvalue weighted by molar-refractivity contribution is -0.137. The number of hydrogen-bond donors (Lipinski definition) is 3. The standard InChI is InChI=1S/C13H21N3O4/c1-8(5-4-6-11(17)18)15-13(19)16-10(3)12-14-7-9(2)20-12/h7-8,10H,4-6H2,1-3H3,(H,17,18)(H2,15,16,19). The number of amides is 2. The van der Waals surface area contributed by atoms with Crippen molar-refractivity contribution < 1.29 is 19.1 Å². The Morgan fingerprint density at radius 1 is 1.40 bits per heavy atom. The van der Waals surface area contributed by atoms with Crippen LogP contribution in [0, 0.1) is 6.92 Å². The Morgan fingerprint density at radius 2 is 2.10 bits per heavy atom. The molecule has 2 unspecified atom stereocenters. The van der Waals surface area contributed by atoms with Gasteiger partial charge in [0.15, 0.2) is 0 Å². The van der Waals surface area contributed by atoms with Gasteiger partial charge < -0.3 is 20.2 Å². The smallest absolute Gasteiger partial charge is 0.315 e. The summed E-state index contributed by atoms with van der Waals surface area (Å²) in [4.78, 5) is 26.2. The number of carbonyl (C=O) groups is 2. The zero-order valence-electron chi connectivity index (χ0n) is 12.0. The maximum Gasteiger partial charge on any atom is 0.315 e. The Morgan fingerprint density at radius 3 is 2.65 bits per heavy atom. The first kappa shape index (κ1) is 16.0. The fourth-order valence-corrected chi connectivity index (χ4v) is 1.73. The molecule has 1 aromatic rings. The third kappa shape index (κ3) is 5.73. The minimum Gasteiger partial charge on any atom is -0.481 e. The molecule has 0 bridgehead atoms. The Hall–Kier alpha value is -2.05. The quantitative estimate of drug-likeness (QED) is 0.709. The predicted octanol–water partition coefficient (Wildman–Crippen LogP) is 1.99. The second-order valence-corrected chi connectivity index (χ2v) is 4.84. The van der Waals surface area contributed by atoms with Crippen LogP contribution in [0.25, 0.3) is 0 Å². The number of carboxylic acids is 1. The molecule has 0 aliphatic carbocycles. The van der Waals surface area contributed by atoms with Gasteiger partial charge in [0, 0.05) is 12.5 Å². The first-order valence-corrected chi connectivity index (χ1v) is 6.59. The largest absolute Gasteiger partial charge is 0.481 e. The number of hydrogen-bond acceptors (Lipinski definition) is 4. The van der Waals surface area contributed by atoms with Crippen LogP contribution in [0.3, 0.4) is 0 Å². The molecule has 0 saturated carbocycles. The monoisotopic (exact) mass is 283 g/mol. The van der Waals surface area contributed by atoms with E-state index in [-0.39, 0.29) is 24.5 Å². The van der Waals surface area contributed by atoms with Crippen molar-refractivity contribution in [2.45, 2.75) is 52.1 Å². The molecule has 0 spiro atoms. The number of nitrogens with zero attached hydrogens (tertiary/aromatic N) is 1. The zero-order chi connectivity index (χ0) is 15.1. The zero-order valence-corrected chi connectivity index (χ0v) is 12.0. The van der Waals surface area contributed by atoms with Crippen molar-refractivity contribution in [2.75, 3.05) is 0 Å². The summed E-state index contributed by atoms with van der Waals surface area (Å²) >= 11 is 0. The molecule has 0 saturated heterocycles. The van der Waals surface area contributed by atoms with Crippen molar-refractivity contribution >= 4 is 12.0 Å². The summed E-state index contributed by atoms with van der Waals surface area (Å²) in [6.07, 6.45) is 2.86. The summed E-state index contributed by atoms with van der Waals surface area (Å²) in [6.45, 7) is 5.40. The number of carboxylic acid groups (broad SMARTS) is 1. The van der Waals surface area contributed by atoms with E-state index in [1.807, 2.05) is 6.92 Å². The lowest BCUT2D eigenvalue weighted by atomic mass is 10.1. The van der Waals surface area contributed by atoms with E-state index in [0.29, 0.717) is 24.5 Å². The number of oxazole rings is 1. The van der Waals surface area contributed by atoms with E-state index in [1.54, 1.807) is 20.0 Å². The summed E-state index contributed by atoms with van der Waals surface area (Å²) in [6, 6.07) is -0.737. The van der Waals surface area contributed by atoms with Crippen LogP contribution in [-0.4, -0.2) is 28.1 Å². The average Bonchev–Trinajstić information content (AvgIpc) is 2.75. The van der Waals surface area contributed by atoms with Gasteiger partial charge in [0.2, 0.25) is 5.89 Å². The predicted molar refractivity (Wildman–Crippen MR) is 72.3 cm³/mol. The maximum absolute atomic E-state index is 11.7. The Kier molecular flexibility index (Phi) is 6.02. The SMILES string of the molecule is Cc1cnc(C(C)NC(=O)NC(C)CCCC(=O)O)o1. The number of aliphatic carboxylic acids is 1. The molecule has 7 nitrogen and oxygen atoms in total. The summed E-state index contributed by atoms with van der Waals surface area (Å²) in [5, 5.41) is 14.0. The molecule has 0 radical (unpaired) electrons. The van der Waals surface area contributed by atoms with Gasteiger partial charge in [0.25, 0.3) is 0 Å². The minimum atomic E-state index is -0.825. The molecular weight excluding hydrogens is 262 g/mol. The van der Waals surface area contributed by atoms with E-state index in [4.69, 9.17) is 9.52 Å². The molecular formula is C13H21N3O4. The molecule has 0 aromatic carbocycles. The Labute approximate surface area is 117 Å². The van der Waals surface area contributed by atoms with Crippen LogP contribution >= 0.6 is 0 Å². The van der Waals surface area contributed by atoms with E-state index in [2.05, 4.69) is 15.6 Å². The second kappa shape index (κ2) is 7.52. The van der Waals surface area contributed by atoms with Crippen molar-refractivity contribution in [1.29, 1.82) is 0 Å². The van der Waals surface area contributed by atoms with Crippen LogP contribution in [0.2, 0.25) is 0 Å². The Balaban J connectivity index is 2.30. The van der Waals surface area contributed by atoms with Crippen molar-refractivity contribution in [1.82, 2.24) is 15.6 Å². The van der Waals surface area contributed by atoms with Crippen LogP contribution in [0.15, 0.2) is 10.6 Å². The topological polar surface area (TPSA) is 104 Å². The van der Waals surface area contributed by atoms with Gasteiger partial charge in [-0.05, 0) is 33.6 Å². The molecule has 0 aliphatic rings. The van der Waals surface area contributed by atoms with Crippen molar-refractivity contribution in [3.63, 3.8) is 0 Å². The molecule has 0 aliphatic heterocycles. The van der Waals surface area contributed by atoms with Gasteiger partial charge in [-0.2, -0.15) is 0 Å². The average molecular weight is 283 g/mol. The lowest BCUT2D eigenvalue weighted by Gasteiger charge is -2.16. The summed E-state index contributed by atoms with van der Waals surface area (Å²) in [7, 11) is 0. The highest BCUT2D eigenvalue weighted by Gasteiger charge is 2.15. The highest BCUT2D eigenvalue weighted by molar-refractivity contribution is 5.74. The maximum atomic E-state index is 11.7. The first-order chi connectivity index (χ1) is 9.38. The molecule has 7 heteroatoms. The molecule has 3 N–H and O–H groups in total. The molecule has 2 amide bonds. The van der Waals surface area contributed by atoms with E-state index >= 15 is 0 Å². The third-order valence-corrected chi connectivity index (χ3v) is 2.76. The highest BCUT2D eigenvalue weighted by atomic mass is 16.4. The van der Waals surface area contributed by atoms with Gasteiger partial charge in [-0.25, -0.2) is 9.78 Å². The van der Waals surface area contributed by atoms with Crippen molar-refractivity contribution in [3.8, 4) is 0 Å².